The average Bonchev–Trinajstić information content (AvgIpc) is 3.12. The quantitative estimate of drug-likeness (QED) is 0.663. The first-order valence-electron chi connectivity index (χ1n) is 8.89. The molecule has 0 radical (unpaired) electrons. The van der Waals surface area contributed by atoms with Crippen molar-refractivity contribution in [2.24, 2.45) is 0 Å². The molecule has 3 aromatic rings. The number of halogens is 2. The van der Waals surface area contributed by atoms with Gasteiger partial charge in [-0.15, -0.1) is 0 Å². The van der Waals surface area contributed by atoms with E-state index in [0.29, 0.717) is 5.89 Å². The number of carboxylic acid groups (broad SMARTS) is 1. The van der Waals surface area contributed by atoms with Gasteiger partial charge in [-0.2, -0.15) is 10.1 Å². The number of carbonyl (C=O) groups is 1. The van der Waals surface area contributed by atoms with E-state index in [-0.39, 0.29) is 35.6 Å². The van der Waals surface area contributed by atoms with Crippen molar-refractivity contribution in [1.29, 1.82) is 0 Å². The van der Waals surface area contributed by atoms with E-state index in [1.165, 1.54) is 6.07 Å². The van der Waals surface area contributed by atoms with E-state index in [9.17, 15) is 13.6 Å². The molecule has 7 nitrogen and oxygen atoms in total. The van der Waals surface area contributed by atoms with Crippen LogP contribution in [0.3, 0.4) is 0 Å². The fraction of sp³-hybridized carbons (Fsp3) is 0.368. The van der Waals surface area contributed by atoms with Gasteiger partial charge in [0.2, 0.25) is 11.7 Å². The number of aromatic nitrogens is 4. The van der Waals surface area contributed by atoms with E-state index in [2.05, 4.69) is 15.2 Å². The minimum atomic E-state index is -2.79. The van der Waals surface area contributed by atoms with E-state index >= 15 is 0 Å². The number of aliphatic carboxylic acids is 1. The van der Waals surface area contributed by atoms with Gasteiger partial charge in [0.15, 0.2) is 0 Å². The van der Waals surface area contributed by atoms with Crippen molar-refractivity contribution in [3.8, 4) is 11.5 Å². The lowest BCUT2D eigenvalue weighted by Gasteiger charge is -2.13. The topological polar surface area (TPSA) is 94.0 Å². The van der Waals surface area contributed by atoms with Crippen molar-refractivity contribution in [3.05, 3.63) is 53.0 Å². The molecule has 0 aliphatic heterocycles. The van der Waals surface area contributed by atoms with Gasteiger partial charge in [0.05, 0.1) is 18.4 Å². The maximum absolute atomic E-state index is 13.3. The van der Waals surface area contributed by atoms with Crippen LogP contribution in [0.1, 0.15) is 48.4 Å². The molecular formula is C19H18F2N4O3. The lowest BCUT2D eigenvalue weighted by atomic mass is 9.92. The highest BCUT2D eigenvalue weighted by atomic mass is 19.3. The molecule has 1 saturated carbocycles. The molecule has 28 heavy (non-hydrogen) atoms. The summed E-state index contributed by atoms with van der Waals surface area (Å²) in [4.78, 5) is 15.2. The molecule has 1 N–H and O–H groups in total. The second kappa shape index (κ2) is 6.81. The number of hydrogen-bond acceptors (Lipinski definition) is 5. The minimum Gasteiger partial charge on any atom is -0.481 e. The number of carboxylic acids is 1. The first-order chi connectivity index (χ1) is 13.4. The molecule has 1 aliphatic rings. The fourth-order valence-electron chi connectivity index (χ4n) is 3.45. The smallest absolute Gasteiger partial charge is 0.305 e. The number of alkyl halides is 2. The van der Waals surface area contributed by atoms with Crippen molar-refractivity contribution in [1.82, 2.24) is 19.9 Å². The van der Waals surface area contributed by atoms with E-state index in [1.54, 1.807) is 0 Å². The van der Waals surface area contributed by atoms with Crippen molar-refractivity contribution in [2.75, 3.05) is 0 Å². The number of aryl methyl sites for hydroxylation is 2. The fourth-order valence-corrected chi connectivity index (χ4v) is 3.45. The van der Waals surface area contributed by atoms with E-state index < -0.39 is 12.4 Å². The van der Waals surface area contributed by atoms with Crippen molar-refractivity contribution < 1.29 is 23.2 Å². The van der Waals surface area contributed by atoms with Crippen molar-refractivity contribution in [2.45, 2.75) is 44.6 Å². The highest BCUT2D eigenvalue weighted by Crippen LogP contribution is 2.53. The van der Waals surface area contributed by atoms with Gasteiger partial charge >= 0.3 is 5.97 Å². The van der Waals surface area contributed by atoms with Crippen LogP contribution in [0.2, 0.25) is 0 Å². The summed E-state index contributed by atoms with van der Waals surface area (Å²) in [5.74, 6) is -0.533. The molecule has 4 rings (SSSR count). The predicted octanol–water partition coefficient (Wildman–Crippen LogP) is 3.73. The van der Waals surface area contributed by atoms with Crippen LogP contribution in [0.25, 0.3) is 11.5 Å². The van der Waals surface area contributed by atoms with Crippen LogP contribution in [0.4, 0.5) is 8.78 Å². The third-order valence-corrected chi connectivity index (χ3v) is 5.05. The van der Waals surface area contributed by atoms with E-state index in [0.717, 1.165) is 28.7 Å². The van der Waals surface area contributed by atoms with Gasteiger partial charge in [-0.25, -0.2) is 8.78 Å². The van der Waals surface area contributed by atoms with Gasteiger partial charge in [-0.3, -0.25) is 9.48 Å². The van der Waals surface area contributed by atoms with Crippen LogP contribution in [0.5, 0.6) is 0 Å². The molecule has 146 valence electrons. The van der Waals surface area contributed by atoms with Crippen LogP contribution >= 0.6 is 0 Å². The Morgan fingerprint density at radius 2 is 2.11 bits per heavy atom. The van der Waals surface area contributed by atoms with Gasteiger partial charge in [0.1, 0.15) is 11.4 Å². The number of rotatable bonds is 7. The summed E-state index contributed by atoms with van der Waals surface area (Å²) in [5, 5.41) is 16.8. The Hall–Kier alpha value is -3.10. The number of benzene rings is 1. The Kier molecular flexibility index (Phi) is 4.44. The molecule has 0 atom stereocenters. The van der Waals surface area contributed by atoms with Crippen LogP contribution in [0, 0.1) is 6.92 Å². The molecule has 2 heterocycles. The monoisotopic (exact) mass is 388 g/mol. The summed E-state index contributed by atoms with van der Waals surface area (Å²) in [6.45, 7) is 1.86. The zero-order valence-corrected chi connectivity index (χ0v) is 15.1. The van der Waals surface area contributed by atoms with E-state index in [4.69, 9.17) is 9.63 Å². The molecule has 1 aromatic carbocycles. The summed E-state index contributed by atoms with van der Waals surface area (Å²) < 4.78 is 33.0. The van der Waals surface area contributed by atoms with Gasteiger partial charge < -0.3 is 9.63 Å². The standard InChI is InChI=1S/C19H18F2N4O3/c1-11-4-2-3-5-12(11)19(7-8-19)18-22-17(24-28-18)13-10-14(16(20)21)25(23-13)9-6-15(26)27/h2-5,10,16H,6-9H2,1H3,(H,26,27). The van der Waals surface area contributed by atoms with Crippen LogP contribution in [0.15, 0.2) is 34.9 Å². The van der Waals surface area contributed by atoms with Crippen molar-refractivity contribution in [3.63, 3.8) is 0 Å². The average molecular weight is 388 g/mol. The van der Waals surface area contributed by atoms with E-state index in [1.807, 2.05) is 31.2 Å². The van der Waals surface area contributed by atoms with Gasteiger partial charge in [0, 0.05) is 0 Å². The lowest BCUT2D eigenvalue weighted by molar-refractivity contribution is -0.137. The first kappa shape index (κ1) is 18.3. The van der Waals surface area contributed by atoms with Gasteiger partial charge in [-0.1, -0.05) is 29.4 Å². The molecule has 0 amide bonds. The Morgan fingerprint density at radius 1 is 1.36 bits per heavy atom. The highest BCUT2D eigenvalue weighted by molar-refractivity contribution is 5.66. The summed E-state index contributed by atoms with van der Waals surface area (Å²) in [6.07, 6.45) is -1.36. The summed E-state index contributed by atoms with van der Waals surface area (Å²) in [6, 6.07) is 9.14. The Morgan fingerprint density at radius 3 is 2.75 bits per heavy atom. The summed E-state index contributed by atoms with van der Waals surface area (Å²) >= 11 is 0. The summed E-state index contributed by atoms with van der Waals surface area (Å²) in [5.41, 5.74) is 1.66. The summed E-state index contributed by atoms with van der Waals surface area (Å²) in [7, 11) is 0. The number of nitrogens with zero attached hydrogens (tertiary/aromatic N) is 4. The zero-order chi connectivity index (χ0) is 19.9. The van der Waals surface area contributed by atoms with Crippen LogP contribution in [-0.2, 0) is 16.8 Å². The molecule has 1 aliphatic carbocycles. The molecule has 0 spiro atoms. The Bertz CT molecular complexity index is 1020. The third kappa shape index (κ3) is 3.17. The molecule has 0 unspecified atom stereocenters. The second-order valence-corrected chi connectivity index (χ2v) is 6.94. The molecular weight excluding hydrogens is 370 g/mol. The Labute approximate surface area is 159 Å². The first-order valence-corrected chi connectivity index (χ1v) is 8.89. The zero-order valence-electron chi connectivity index (χ0n) is 15.1. The highest BCUT2D eigenvalue weighted by Gasteiger charge is 2.51. The SMILES string of the molecule is Cc1ccccc1C1(c2nc(-c3cc(C(F)F)n(CCC(=O)O)n3)no2)CC1. The molecule has 0 bridgehead atoms. The predicted molar refractivity (Wildman–Crippen MR) is 93.9 cm³/mol. The van der Waals surface area contributed by atoms with Crippen LogP contribution in [-0.4, -0.2) is 31.0 Å². The van der Waals surface area contributed by atoms with Crippen LogP contribution < -0.4 is 0 Å². The lowest BCUT2D eigenvalue weighted by Crippen LogP contribution is -2.11. The van der Waals surface area contributed by atoms with Crippen molar-refractivity contribution >= 4 is 5.97 Å². The second-order valence-electron chi connectivity index (χ2n) is 6.94. The maximum atomic E-state index is 13.3. The minimum absolute atomic E-state index is 0.117. The Balaban J connectivity index is 1.66. The molecule has 0 saturated heterocycles. The van der Waals surface area contributed by atoms with Gasteiger partial charge in [-0.05, 0) is 37.0 Å². The largest absolute Gasteiger partial charge is 0.481 e. The molecule has 1 fully saturated rings. The molecule has 9 heteroatoms. The third-order valence-electron chi connectivity index (χ3n) is 5.05. The van der Waals surface area contributed by atoms with Gasteiger partial charge in [0.25, 0.3) is 6.43 Å². The normalized spacial score (nSPS) is 15.1. The number of hydrogen-bond donors (Lipinski definition) is 1. The molecule has 2 aromatic heterocycles. The maximum Gasteiger partial charge on any atom is 0.305 e.